The van der Waals surface area contributed by atoms with Crippen LogP contribution < -0.4 is 0 Å². The highest BCUT2D eigenvalue weighted by molar-refractivity contribution is 5.81. The van der Waals surface area contributed by atoms with Gasteiger partial charge in [-0.2, -0.15) is 0 Å². The van der Waals surface area contributed by atoms with Crippen molar-refractivity contribution in [3.63, 3.8) is 0 Å². The average Bonchev–Trinajstić information content (AvgIpc) is 2.82. The van der Waals surface area contributed by atoms with Crippen molar-refractivity contribution in [3.8, 4) is 0 Å². The second-order valence-corrected chi connectivity index (χ2v) is 6.13. The average molecular weight is 273 g/mol. The molecule has 3 unspecified atom stereocenters. The van der Waals surface area contributed by atoms with E-state index in [1.165, 1.54) is 5.56 Å². The Labute approximate surface area is 120 Å². The summed E-state index contributed by atoms with van der Waals surface area (Å²) in [5, 5.41) is 10.1. The van der Waals surface area contributed by atoms with E-state index in [4.69, 9.17) is 0 Å². The van der Waals surface area contributed by atoms with Crippen LogP contribution in [0, 0.1) is 5.92 Å². The molecular weight excluding hydrogens is 250 g/mol. The number of amides is 1. The lowest BCUT2D eigenvalue weighted by Gasteiger charge is -2.35. The quantitative estimate of drug-likeness (QED) is 0.918. The van der Waals surface area contributed by atoms with Crippen LogP contribution in [0.5, 0.6) is 0 Å². The zero-order valence-electron chi connectivity index (χ0n) is 11.9. The van der Waals surface area contributed by atoms with Gasteiger partial charge in [0.1, 0.15) is 0 Å². The summed E-state index contributed by atoms with van der Waals surface area (Å²) in [7, 11) is 0. The Morgan fingerprint density at radius 2 is 1.85 bits per heavy atom. The summed E-state index contributed by atoms with van der Waals surface area (Å²) in [6.45, 7) is 0.818. The highest BCUT2D eigenvalue weighted by Crippen LogP contribution is 2.30. The minimum Gasteiger partial charge on any atom is -0.391 e. The van der Waals surface area contributed by atoms with Gasteiger partial charge in [-0.1, -0.05) is 43.2 Å². The first kappa shape index (κ1) is 13.6. The summed E-state index contributed by atoms with van der Waals surface area (Å²) >= 11 is 0. The van der Waals surface area contributed by atoms with Gasteiger partial charge in [0.25, 0.3) is 0 Å². The Bertz CT molecular complexity index is 459. The van der Waals surface area contributed by atoms with E-state index in [1.54, 1.807) is 0 Å². The molecule has 1 N–H and O–H groups in total. The van der Waals surface area contributed by atoms with Crippen LogP contribution in [-0.4, -0.2) is 34.6 Å². The predicted octanol–water partition coefficient (Wildman–Crippen LogP) is 2.38. The fourth-order valence-electron chi connectivity index (χ4n) is 3.64. The van der Waals surface area contributed by atoms with E-state index in [9.17, 15) is 9.90 Å². The van der Waals surface area contributed by atoms with Crippen molar-refractivity contribution in [2.75, 3.05) is 6.54 Å². The van der Waals surface area contributed by atoms with Gasteiger partial charge in [0.2, 0.25) is 5.91 Å². The summed E-state index contributed by atoms with van der Waals surface area (Å²) < 4.78 is 0. The molecule has 2 aliphatic rings. The van der Waals surface area contributed by atoms with E-state index in [-0.39, 0.29) is 24.0 Å². The maximum atomic E-state index is 12.6. The van der Waals surface area contributed by atoms with Gasteiger partial charge in [0.15, 0.2) is 0 Å². The van der Waals surface area contributed by atoms with Gasteiger partial charge in [0.05, 0.1) is 12.1 Å². The Morgan fingerprint density at radius 3 is 2.60 bits per heavy atom. The van der Waals surface area contributed by atoms with Crippen LogP contribution in [-0.2, 0) is 11.2 Å². The summed E-state index contributed by atoms with van der Waals surface area (Å²) in [4.78, 5) is 14.5. The maximum Gasteiger partial charge on any atom is 0.226 e. The molecule has 1 saturated heterocycles. The van der Waals surface area contributed by atoms with Crippen molar-refractivity contribution >= 4 is 5.91 Å². The van der Waals surface area contributed by atoms with Gasteiger partial charge in [-0.05, 0) is 31.2 Å². The van der Waals surface area contributed by atoms with Gasteiger partial charge < -0.3 is 10.0 Å². The second kappa shape index (κ2) is 5.96. The molecule has 0 bridgehead atoms. The summed E-state index contributed by atoms with van der Waals surface area (Å²) in [6, 6.07) is 10.3. The standard InChI is InChI=1S/C17H23NO2/c19-16-9-5-4-8-15(16)18-11-10-14(17(18)20)12-13-6-2-1-3-7-13/h1-3,6-7,14-16,19H,4-5,8-12H2. The SMILES string of the molecule is O=C1C(Cc2ccccc2)CCN1C1CCCCC1O. The van der Waals surface area contributed by atoms with Crippen LogP contribution >= 0.6 is 0 Å². The van der Waals surface area contributed by atoms with Crippen LogP contribution in [0.25, 0.3) is 0 Å². The molecule has 0 spiro atoms. The van der Waals surface area contributed by atoms with Gasteiger partial charge >= 0.3 is 0 Å². The molecule has 1 aliphatic carbocycles. The molecule has 0 aromatic heterocycles. The fourth-order valence-corrected chi connectivity index (χ4v) is 3.64. The molecule has 20 heavy (non-hydrogen) atoms. The number of aliphatic hydroxyl groups is 1. The molecule has 1 aromatic rings. The van der Waals surface area contributed by atoms with Crippen molar-refractivity contribution in [2.45, 2.75) is 50.7 Å². The van der Waals surface area contributed by atoms with Crippen molar-refractivity contribution in [3.05, 3.63) is 35.9 Å². The second-order valence-electron chi connectivity index (χ2n) is 6.13. The molecule has 0 radical (unpaired) electrons. The van der Waals surface area contributed by atoms with Gasteiger partial charge in [0, 0.05) is 12.5 Å². The summed E-state index contributed by atoms with van der Waals surface area (Å²) in [5.74, 6) is 0.353. The minimum atomic E-state index is -0.317. The van der Waals surface area contributed by atoms with Crippen LogP contribution in [0.15, 0.2) is 30.3 Å². The number of hydrogen-bond acceptors (Lipinski definition) is 2. The van der Waals surface area contributed by atoms with E-state index in [2.05, 4.69) is 12.1 Å². The molecule has 1 saturated carbocycles. The van der Waals surface area contributed by atoms with Gasteiger partial charge in [-0.25, -0.2) is 0 Å². The lowest BCUT2D eigenvalue weighted by atomic mass is 9.91. The fraction of sp³-hybridized carbons (Fsp3) is 0.588. The van der Waals surface area contributed by atoms with Gasteiger partial charge in [-0.3, -0.25) is 4.79 Å². The van der Waals surface area contributed by atoms with Crippen LogP contribution in [0.3, 0.4) is 0 Å². The highest BCUT2D eigenvalue weighted by atomic mass is 16.3. The number of nitrogens with zero attached hydrogens (tertiary/aromatic N) is 1. The van der Waals surface area contributed by atoms with Crippen LogP contribution in [0.1, 0.15) is 37.7 Å². The Hall–Kier alpha value is -1.35. The molecule has 2 fully saturated rings. The molecule has 1 heterocycles. The Morgan fingerprint density at radius 1 is 1.10 bits per heavy atom. The smallest absolute Gasteiger partial charge is 0.226 e. The van der Waals surface area contributed by atoms with Crippen molar-refractivity contribution in [1.82, 2.24) is 4.90 Å². The maximum absolute atomic E-state index is 12.6. The molecule has 3 heteroatoms. The predicted molar refractivity (Wildman–Crippen MR) is 78.2 cm³/mol. The third-order valence-corrected chi connectivity index (χ3v) is 4.77. The molecule has 3 nitrogen and oxygen atoms in total. The van der Waals surface area contributed by atoms with E-state index >= 15 is 0 Å². The van der Waals surface area contributed by atoms with Crippen molar-refractivity contribution in [2.24, 2.45) is 5.92 Å². The molecule has 3 atom stereocenters. The monoisotopic (exact) mass is 273 g/mol. The number of hydrogen-bond donors (Lipinski definition) is 1. The van der Waals surface area contributed by atoms with Crippen molar-refractivity contribution in [1.29, 1.82) is 0 Å². The number of benzene rings is 1. The Balaban J connectivity index is 1.65. The highest BCUT2D eigenvalue weighted by Gasteiger charge is 2.39. The van der Waals surface area contributed by atoms with Gasteiger partial charge in [-0.15, -0.1) is 0 Å². The third-order valence-electron chi connectivity index (χ3n) is 4.77. The van der Waals surface area contributed by atoms with E-state index in [1.807, 2.05) is 23.1 Å². The topological polar surface area (TPSA) is 40.5 Å². The molecular formula is C17H23NO2. The lowest BCUT2D eigenvalue weighted by Crippen LogP contribution is -2.46. The number of carbonyl (C=O) groups is 1. The first-order valence-electron chi connectivity index (χ1n) is 7.78. The van der Waals surface area contributed by atoms with Crippen LogP contribution in [0.2, 0.25) is 0 Å². The normalized spacial score (nSPS) is 30.8. The first-order chi connectivity index (χ1) is 9.75. The first-order valence-corrected chi connectivity index (χ1v) is 7.78. The molecule has 3 rings (SSSR count). The number of carbonyl (C=O) groups excluding carboxylic acids is 1. The van der Waals surface area contributed by atoms with Crippen LogP contribution in [0.4, 0.5) is 0 Å². The molecule has 108 valence electrons. The molecule has 1 aromatic carbocycles. The zero-order chi connectivity index (χ0) is 13.9. The van der Waals surface area contributed by atoms with E-state index in [0.29, 0.717) is 0 Å². The molecule has 1 aliphatic heterocycles. The minimum absolute atomic E-state index is 0.0667. The van der Waals surface area contributed by atoms with E-state index < -0.39 is 0 Å². The zero-order valence-corrected chi connectivity index (χ0v) is 11.9. The Kier molecular flexibility index (Phi) is 4.06. The van der Waals surface area contributed by atoms with Crippen molar-refractivity contribution < 1.29 is 9.90 Å². The summed E-state index contributed by atoms with van der Waals surface area (Å²) in [5.41, 5.74) is 1.23. The largest absolute Gasteiger partial charge is 0.391 e. The number of likely N-dealkylation sites (tertiary alicyclic amines) is 1. The number of rotatable bonds is 3. The summed E-state index contributed by atoms with van der Waals surface area (Å²) in [6.07, 6.45) is 5.48. The number of aliphatic hydroxyl groups excluding tert-OH is 1. The third kappa shape index (κ3) is 2.73. The molecule has 1 amide bonds. The lowest BCUT2D eigenvalue weighted by molar-refractivity contribution is -0.136. The van der Waals surface area contributed by atoms with E-state index in [0.717, 1.165) is 45.1 Å².